The van der Waals surface area contributed by atoms with Crippen LogP contribution in [0.2, 0.25) is 0 Å². The Balaban J connectivity index is 1.65. The molecule has 0 aliphatic heterocycles. The third kappa shape index (κ3) is 4.11. The van der Waals surface area contributed by atoms with Crippen molar-refractivity contribution in [2.24, 2.45) is 7.05 Å². The topological polar surface area (TPSA) is 77.4 Å². The van der Waals surface area contributed by atoms with Crippen molar-refractivity contribution >= 4 is 28.6 Å². The van der Waals surface area contributed by atoms with Crippen LogP contribution in [0.25, 0.3) is 10.9 Å². The molecule has 1 N–H and O–H groups in total. The molecule has 2 aromatic carbocycles. The van der Waals surface area contributed by atoms with E-state index >= 15 is 0 Å². The number of para-hydroxylation sites is 1. The number of Topliss-reactive ketones (excluding diaryl/α,β-unsaturated/α-hetero) is 1. The first-order chi connectivity index (χ1) is 13.4. The van der Waals surface area contributed by atoms with Crippen LogP contribution in [0.4, 0.5) is 0 Å². The quantitative estimate of drug-likeness (QED) is 0.527. The molecule has 3 rings (SSSR count). The van der Waals surface area contributed by atoms with Gasteiger partial charge in [0.15, 0.2) is 12.4 Å². The van der Waals surface area contributed by atoms with Gasteiger partial charge in [-0.1, -0.05) is 42.5 Å². The number of carbonyl (C=O) groups excluding carboxylic acids is 3. The average molecular weight is 378 g/mol. The maximum Gasteiger partial charge on any atom is 0.340 e. The van der Waals surface area contributed by atoms with Gasteiger partial charge in [-0.25, -0.2) is 4.79 Å². The van der Waals surface area contributed by atoms with Crippen LogP contribution in [0.15, 0.2) is 54.7 Å². The number of hydrogen-bond donors (Lipinski definition) is 1. The van der Waals surface area contributed by atoms with Crippen molar-refractivity contribution in [3.05, 3.63) is 71.4 Å². The lowest BCUT2D eigenvalue weighted by atomic mass is 10.0. The van der Waals surface area contributed by atoms with Gasteiger partial charge in [-0.2, -0.15) is 0 Å². The number of hydrogen-bond acceptors (Lipinski definition) is 4. The number of aromatic nitrogens is 1. The molecule has 0 bridgehead atoms. The monoisotopic (exact) mass is 378 g/mol. The second kappa shape index (κ2) is 8.08. The molecular formula is C22H22N2O4. The summed E-state index contributed by atoms with van der Waals surface area (Å²) in [5.41, 5.74) is 2.69. The van der Waals surface area contributed by atoms with Gasteiger partial charge in [-0.05, 0) is 18.6 Å². The first-order valence-corrected chi connectivity index (χ1v) is 8.98. The fourth-order valence-corrected chi connectivity index (χ4v) is 3.14. The number of fused-ring (bicyclic) bond motifs is 1. The third-order valence-electron chi connectivity index (χ3n) is 4.60. The number of amides is 1. The molecule has 0 unspecified atom stereocenters. The number of carbonyl (C=O) groups is 3. The summed E-state index contributed by atoms with van der Waals surface area (Å²) < 4.78 is 7.09. The number of rotatable bonds is 6. The molecule has 0 spiro atoms. The lowest BCUT2D eigenvalue weighted by Crippen LogP contribution is -2.23. The molecule has 1 atom stereocenters. The van der Waals surface area contributed by atoms with Crippen molar-refractivity contribution in [2.45, 2.75) is 19.9 Å². The maximum atomic E-state index is 12.4. The molecule has 0 aliphatic carbocycles. The number of benzene rings is 2. The highest BCUT2D eigenvalue weighted by Gasteiger charge is 2.17. The van der Waals surface area contributed by atoms with Gasteiger partial charge in [0.05, 0.1) is 11.6 Å². The highest BCUT2D eigenvalue weighted by atomic mass is 16.5. The van der Waals surface area contributed by atoms with E-state index in [-0.39, 0.29) is 24.3 Å². The van der Waals surface area contributed by atoms with Crippen molar-refractivity contribution in [1.82, 2.24) is 9.88 Å². The van der Waals surface area contributed by atoms with Gasteiger partial charge in [0.1, 0.15) is 0 Å². The van der Waals surface area contributed by atoms with E-state index in [0.717, 1.165) is 16.5 Å². The van der Waals surface area contributed by atoms with Crippen LogP contribution in [-0.4, -0.2) is 28.8 Å². The zero-order chi connectivity index (χ0) is 20.3. The minimum Gasteiger partial charge on any atom is -0.454 e. The predicted molar refractivity (Wildman–Crippen MR) is 106 cm³/mol. The molecule has 6 nitrogen and oxygen atoms in total. The molecule has 28 heavy (non-hydrogen) atoms. The van der Waals surface area contributed by atoms with Crippen LogP contribution in [0.3, 0.4) is 0 Å². The molecule has 1 aromatic heterocycles. The zero-order valence-corrected chi connectivity index (χ0v) is 16.1. The van der Waals surface area contributed by atoms with Gasteiger partial charge in [0, 0.05) is 36.6 Å². The molecule has 0 aliphatic rings. The summed E-state index contributed by atoms with van der Waals surface area (Å²) in [6.07, 6.45) is 1.70. The SMILES string of the molecule is CC(=O)N[C@H](C)c1ccc(C(=O)COC(=O)c2cn(C)c3ccccc23)cc1. The van der Waals surface area contributed by atoms with Gasteiger partial charge in [0.25, 0.3) is 0 Å². The largest absolute Gasteiger partial charge is 0.454 e. The summed E-state index contributed by atoms with van der Waals surface area (Å²) in [5.74, 6) is -0.929. The Hall–Kier alpha value is -3.41. The van der Waals surface area contributed by atoms with Gasteiger partial charge in [0.2, 0.25) is 5.91 Å². The van der Waals surface area contributed by atoms with E-state index in [2.05, 4.69) is 5.32 Å². The fourth-order valence-electron chi connectivity index (χ4n) is 3.14. The molecule has 0 saturated carbocycles. The lowest BCUT2D eigenvalue weighted by molar-refractivity contribution is -0.119. The molecule has 0 saturated heterocycles. The van der Waals surface area contributed by atoms with Crippen molar-refractivity contribution in [3.8, 4) is 0 Å². The second-order valence-corrected chi connectivity index (χ2v) is 6.71. The van der Waals surface area contributed by atoms with E-state index in [0.29, 0.717) is 11.1 Å². The van der Waals surface area contributed by atoms with Crippen molar-refractivity contribution < 1.29 is 19.1 Å². The van der Waals surface area contributed by atoms with Gasteiger partial charge >= 0.3 is 5.97 Å². The van der Waals surface area contributed by atoms with Gasteiger partial charge in [-0.15, -0.1) is 0 Å². The smallest absolute Gasteiger partial charge is 0.340 e. The summed E-state index contributed by atoms with van der Waals surface area (Å²) in [7, 11) is 1.85. The molecule has 0 radical (unpaired) electrons. The normalized spacial score (nSPS) is 11.8. The second-order valence-electron chi connectivity index (χ2n) is 6.71. The van der Waals surface area contributed by atoms with Gasteiger partial charge in [-0.3, -0.25) is 9.59 Å². The Morgan fingerprint density at radius 2 is 1.75 bits per heavy atom. The van der Waals surface area contributed by atoms with E-state index in [1.165, 1.54) is 6.92 Å². The van der Waals surface area contributed by atoms with E-state index in [9.17, 15) is 14.4 Å². The van der Waals surface area contributed by atoms with E-state index in [1.807, 2.05) is 42.8 Å². The third-order valence-corrected chi connectivity index (χ3v) is 4.60. The first-order valence-electron chi connectivity index (χ1n) is 8.98. The summed E-state index contributed by atoms with van der Waals surface area (Å²) in [6, 6.07) is 14.3. The van der Waals surface area contributed by atoms with Crippen LogP contribution in [0, 0.1) is 0 Å². The van der Waals surface area contributed by atoms with Crippen LogP contribution in [0.1, 0.15) is 46.2 Å². The van der Waals surface area contributed by atoms with Crippen LogP contribution < -0.4 is 5.32 Å². The molecule has 144 valence electrons. The van der Waals surface area contributed by atoms with E-state index in [4.69, 9.17) is 4.74 Å². The van der Waals surface area contributed by atoms with E-state index in [1.54, 1.807) is 30.5 Å². The molecule has 1 amide bonds. The lowest BCUT2D eigenvalue weighted by Gasteiger charge is -2.13. The highest BCUT2D eigenvalue weighted by molar-refractivity contribution is 6.05. The number of aryl methyl sites for hydroxylation is 1. The minimum absolute atomic E-state index is 0.118. The Bertz CT molecular complexity index is 1030. The Labute approximate surface area is 163 Å². The van der Waals surface area contributed by atoms with Crippen LogP contribution in [-0.2, 0) is 16.6 Å². The number of nitrogens with one attached hydrogen (secondary N) is 1. The van der Waals surface area contributed by atoms with Crippen molar-refractivity contribution in [2.75, 3.05) is 6.61 Å². The Kier molecular flexibility index (Phi) is 5.59. The zero-order valence-electron chi connectivity index (χ0n) is 16.1. The van der Waals surface area contributed by atoms with Crippen molar-refractivity contribution in [3.63, 3.8) is 0 Å². The Morgan fingerprint density at radius 1 is 1.07 bits per heavy atom. The van der Waals surface area contributed by atoms with Crippen LogP contribution in [0.5, 0.6) is 0 Å². The summed E-state index contributed by atoms with van der Waals surface area (Å²) in [5, 5.41) is 3.58. The van der Waals surface area contributed by atoms with Crippen LogP contribution >= 0.6 is 0 Å². The molecule has 3 aromatic rings. The molecule has 0 fully saturated rings. The van der Waals surface area contributed by atoms with Crippen molar-refractivity contribution in [1.29, 1.82) is 0 Å². The first kappa shape index (κ1) is 19.4. The van der Waals surface area contributed by atoms with Gasteiger partial charge < -0.3 is 14.6 Å². The summed E-state index contributed by atoms with van der Waals surface area (Å²) in [6.45, 7) is 2.99. The average Bonchev–Trinajstić information content (AvgIpc) is 3.02. The standard InChI is InChI=1S/C22H22N2O4/c1-14(23-15(2)25)16-8-10-17(11-9-16)21(26)13-28-22(27)19-12-24(3)20-7-5-4-6-18(19)20/h4-12,14H,13H2,1-3H3,(H,23,25)/t14-/m1/s1. The number of esters is 1. The van der Waals surface area contributed by atoms with E-state index < -0.39 is 5.97 Å². The molecule has 6 heteroatoms. The number of nitrogens with zero attached hydrogens (tertiary/aromatic N) is 1. The molecular weight excluding hydrogens is 356 g/mol. The summed E-state index contributed by atoms with van der Waals surface area (Å²) >= 11 is 0. The number of ether oxygens (including phenoxy) is 1. The summed E-state index contributed by atoms with van der Waals surface area (Å²) in [4.78, 5) is 35.9. The Morgan fingerprint density at radius 3 is 2.43 bits per heavy atom. The highest BCUT2D eigenvalue weighted by Crippen LogP contribution is 2.21. The minimum atomic E-state index is -0.527. The maximum absolute atomic E-state index is 12.4. The fraction of sp³-hybridized carbons (Fsp3) is 0.227. The predicted octanol–water partition coefficient (Wildman–Crippen LogP) is 3.42. The number of ketones is 1. The molecule has 1 heterocycles.